The first kappa shape index (κ1) is 26.9. The van der Waals surface area contributed by atoms with E-state index in [-0.39, 0.29) is 17.1 Å². The molecule has 0 aliphatic carbocycles. The van der Waals surface area contributed by atoms with E-state index in [0.29, 0.717) is 22.7 Å². The van der Waals surface area contributed by atoms with E-state index in [9.17, 15) is 22.8 Å². The zero-order valence-corrected chi connectivity index (χ0v) is 21.3. The maximum absolute atomic E-state index is 14.1. The molecule has 1 saturated heterocycles. The molecule has 0 spiro atoms. The summed E-state index contributed by atoms with van der Waals surface area (Å²) in [4.78, 5) is 33.0. The molecule has 194 valence electrons. The van der Waals surface area contributed by atoms with Crippen molar-refractivity contribution < 1.29 is 27.5 Å². The molecule has 6 nitrogen and oxygen atoms in total. The predicted molar refractivity (Wildman–Crippen MR) is 133 cm³/mol. The van der Waals surface area contributed by atoms with E-state index < -0.39 is 40.6 Å². The Bertz CT molecular complexity index is 1340. The van der Waals surface area contributed by atoms with E-state index in [1.54, 1.807) is 18.2 Å². The first-order valence-corrected chi connectivity index (χ1v) is 11.9. The van der Waals surface area contributed by atoms with Gasteiger partial charge in [-0.15, -0.1) is 0 Å². The number of carbonyl (C=O) groups is 2. The van der Waals surface area contributed by atoms with Crippen LogP contribution in [0.15, 0.2) is 60.9 Å². The number of rotatable bonds is 6. The third kappa shape index (κ3) is 4.91. The molecular formula is C26H22Cl2F3N3O3. The van der Waals surface area contributed by atoms with Crippen molar-refractivity contribution in [3.05, 3.63) is 93.2 Å². The summed E-state index contributed by atoms with van der Waals surface area (Å²) in [5.41, 5.74) is -1.87. The zero-order valence-electron chi connectivity index (χ0n) is 19.8. The molecule has 1 N–H and O–H groups in total. The number of hydrogen-bond acceptors (Lipinski definition) is 5. The second-order valence-electron chi connectivity index (χ2n) is 8.62. The summed E-state index contributed by atoms with van der Waals surface area (Å²) in [7, 11) is 2.53. The average Bonchev–Trinajstić information content (AvgIpc) is 3.34. The molecule has 1 fully saturated rings. The van der Waals surface area contributed by atoms with Gasteiger partial charge in [-0.2, -0.15) is 13.2 Å². The molecule has 0 unspecified atom stereocenters. The van der Waals surface area contributed by atoms with Gasteiger partial charge in [0.2, 0.25) is 0 Å². The van der Waals surface area contributed by atoms with Gasteiger partial charge in [-0.05, 0) is 48.0 Å². The SMILES string of the molecule is COc1ccc(C(=O)N(C)[C@]2(C(=O)c3ccncc3)CNC[C@H]2c2ccc(Cl)c(Cl)c2)cc1C(F)(F)F. The summed E-state index contributed by atoms with van der Waals surface area (Å²) >= 11 is 12.4. The lowest BCUT2D eigenvalue weighted by Crippen LogP contribution is -2.59. The molecular weight excluding hydrogens is 530 g/mol. The van der Waals surface area contributed by atoms with Gasteiger partial charge in [0.25, 0.3) is 5.91 Å². The van der Waals surface area contributed by atoms with E-state index in [2.05, 4.69) is 10.3 Å². The van der Waals surface area contributed by atoms with Crippen molar-refractivity contribution in [1.29, 1.82) is 0 Å². The van der Waals surface area contributed by atoms with Crippen LogP contribution in [0.5, 0.6) is 5.75 Å². The number of pyridine rings is 1. The Labute approximate surface area is 221 Å². The van der Waals surface area contributed by atoms with Crippen molar-refractivity contribution in [3.8, 4) is 5.75 Å². The van der Waals surface area contributed by atoms with Crippen LogP contribution < -0.4 is 10.1 Å². The minimum atomic E-state index is -4.75. The summed E-state index contributed by atoms with van der Waals surface area (Å²) in [5, 5.41) is 3.78. The van der Waals surface area contributed by atoms with Gasteiger partial charge in [0.15, 0.2) is 5.78 Å². The fourth-order valence-electron chi connectivity index (χ4n) is 4.76. The van der Waals surface area contributed by atoms with Crippen molar-refractivity contribution in [2.75, 3.05) is 27.2 Å². The number of carbonyl (C=O) groups excluding carboxylic acids is 2. The Hall–Kier alpha value is -3.14. The van der Waals surface area contributed by atoms with Crippen LogP contribution in [0.25, 0.3) is 0 Å². The van der Waals surface area contributed by atoms with E-state index >= 15 is 0 Å². The van der Waals surface area contributed by atoms with Gasteiger partial charge in [0.1, 0.15) is 11.3 Å². The number of aromatic nitrogens is 1. The number of Topliss-reactive ketones (excluding diaryl/α,β-unsaturated/α-hetero) is 1. The standard InChI is InChI=1S/C26H22Cl2F3N3O3/c1-34(24(36)17-4-6-22(37-2)18(11-17)26(29,30)31)25(23(35)15-7-9-32-10-8-15)14-33-13-19(25)16-3-5-20(27)21(28)12-16/h3-12,19,33H,13-14H2,1-2H3/t19-,25+/m0/s1. The zero-order chi connectivity index (χ0) is 27.0. The monoisotopic (exact) mass is 551 g/mol. The fraction of sp³-hybridized carbons (Fsp3) is 0.269. The number of methoxy groups -OCH3 is 1. The van der Waals surface area contributed by atoms with Crippen LogP contribution in [-0.4, -0.2) is 54.4 Å². The number of ether oxygens (including phenoxy) is 1. The minimum Gasteiger partial charge on any atom is -0.496 e. The van der Waals surface area contributed by atoms with Crippen LogP contribution in [-0.2, 0) is 6.18 Å². The van der Waals surface area contributed by atoms with Crippen LogP contribution in [0.3, 0.4) is 0 Å². The molecule has 0 radical (unpaired) electrons. The van der Waals surface area contributed by atoms with Crippen molar-refractivity contribution in [1.82, 2.24) is 15.2 Å². The van der Waals surface area contributed by atoms with Crippen molar-refractivity contribution in [2.45, 2.75) is 17.6 Å². The highest BCUT2D eigenvalue weighted by molar-refractivity contribution is 6.42. The Morgan fingerprint density at radius 2 is 1.76 bits per heavy atom. The van der Waals surface area contributed by atoms with E-state index in [0.717, 1.165) is 19.2 Å². The lowest BCUT2D eigenvalue weighted by Gasteiger charge is -2.42. The molecule has 2 heterocycles. The molecule has 1 amide bonds. The second kappa shape index (κ2) is 10.3. The molecule has 2 atom stereocenters. The van der Waals surface area contributed by atoms with Crippen LogP contribution in [0.2, 0.25) is 10.0 Å². The Morgan fingerprint density at radius 3 is 2.38 bits per heavy atom. The molecule has 4 rings (SSSR count). The van der Waals surface area contributed by atoms with Gasteiger partial charge < -0.3 is 15.0 Å². The van der Waals surface area contributed by atoms with Crippen molar-refractivity contribution >= 4 is 34.9 Å². The quantitative estimate of drug-likeness (QED) is 0.410. The molecule has 1 aliphatic rings. The highest BCUT2D eigenvalue weighted by Gasteiger charge is 2.54. The molecule has 1 aliphatic heterocycles. The Balaban J connectivity index is 1.85. The first-order chi connectivity index (χ1) is 17.5. The Morgan fingerprint density at radius 1 is 1.05 bits per heavy atom. The summed E-state index contributed by atoms with van der Waals surface area (Å²) < 4.78 is 45.8. The van der Waals surface area contributed by atoms with Gasteiger partial charge in [-0.3, -0.25) is 14.6 Å². The third-order valence-corrected chi connectivity index (χ3v) is 7.40. The second-order valence-corrected chi connectivity index (χ2v) is 9.44. The number of hydrogen-bond donors (Lipinski definition) is 1. The normalized spacial score (nSPS) is 19.5. The highest BCUT2D eigenvalue weighted by atomic mass is 35.5. The number of benzene rings is 2. The van der Waals surface area contributed by atoms with Crippen LogP contribution in [0.1, 0.15) is 37.8 Å². The number of alkyl halides is 3. The average molecular weight is 552 g/mol. The third-order valence-electron chi connectivity index (χ3n) is 6.66. The number of nitrogens with one attached hydrogen (secondary N) is 1. The molecule has 37 heavy (non-hydrogen) atoms. The molecule has 11 heteroatoms. The smallest absolute Gasteiger partial charge is 0.419 e. The number of halogens is 5. The first-order valence-electron chi connectivity index (χ1n) is 11.1. The van der Waals surface area contributed by atoms with Crippen molar-refractivity contribution in [3.63, 3.8) is 0 Å². The predicted octanol–water partition coefficient (Wildman–Crippen LogP) is 5.50. The molecule has 0 bridgehead atoms. The van der Waals surface area contributed by atoms with Crippen molar-refractivity contribution in [2.24, 2.45) is 0 Å². The van der Waals surface area contributed by atoms with Gasteiger partial charge in [-0.25, -0.2) is 0 Å². The van der Waals surface area contributed by atoms with Gasteiger partial charge in [0.05, 0.1) is 22.7 Å². The molecule has 1 aromatic heterocycles. The Kier molecular flexibility index (Phi) is 7.50. The molecule has 0 saturated carbocycles. The van der Waals surface area contributed by atoms with Crippen LogP contribution in [0.4, 0.5) is 13.2 Å². The lowest BCUT2D eigenvalue weighted by molar-refractivity contribution is -0.138. The molecule has 3 aromatic rings. The van der Waals surface area contributed by atoms with E-state index in [1.165, 1.54) is 42.5 Å². The summed E-state index contributed by atoms with van der Waals surface area (Å²) in [6, 6.07) is 11.1. The summed E-state index contributed by atoms with van der Waals surface area (Å²) in [6.07, 6.45) is -1.83. The topological polar surface area (TPSA) is 71.5 Å². The van der Waals surface area contributed by atoms with Crippen LogP contribution in [0, 0.1) is 0 Å². The van der Waals surface area contributed by atoms with E-state index in [4.69, 9.17) is 27.9 Å². The lowest BCUT2D eigenvalue weighted by atomic mass is 9.75. The fourth-order valence-corrected chi connectivity index (χ4v) is 5.06. The highest BCUT2D eigenvalue weighted by Crippen LogP contribution is 2.42. The minimum absolute atomic E-state index is 0.0591. The van der Waals surface area contributed by atoms with Crippen LogP contribution >= 0.6 is 23.2 Å². The maximum Gasteiger partial charge on any atom is 0.419 e. The summed E-state index contributed by atoms with van der Waals surface area (Å²) in [6.45, 7) is 0.367. The van der Waals surface area contributed by atoms with Gasteiger partial charge >= 0.3 is 6.18 Å². The maximum atomic E-state index is 14.1. The number of amides is 1. The van der Waals surface area contributed by atoms with Gasteiger partial charge in [0, 0.05) is 49.6 Å². The van der Waals surface area contributed by atoms with Gasteiger partial charge in [-0.1, -0.05) is 29.3 Å². The summed E-state index contributed by atoms with van der Waals surface area (Å²) in [5.74, 6) is -2.15. The molecule has 2 aromatic carbocycles. The number of nitrogens with zero attached hydrogens (tertiary/aromatic N) is 2. The van der Waals surface area contributed by atoms with E-state index in [1.807, 2.05) is 0 Å². The number of ketones is 1. The number of likely N-dealkylation sites (N-methyl/N-ethyl adjacent to an activating group) is 1. The largest absolute Gasteiger partial charge is 0.496 e.